The number of amides is 1. The van der Waals surface area contributed by atoms with Crippen molar-refractivity contribution in [3.8, 4) is 11.5 Å². The van der Waals surface area contributed by atoms with Crippen molar-refractivity contribution < 1.29 is 14.3 Å². The summed E-state index contributed by atoms with van der Waals surface area (Å²) < 4.78 is 11.3. The lowest BCUT2D eigenvalue weighted by Crippen LogP contribution is -2.33. The number of likely N-dealkylation sites (tertiary alicyclic amines) is 1. The molecule has 0 saturated carbocycles. The molecular weight excluding hydrogens is 510 g/mol. The molecule has 0 spiro atoms. The van der Waals surface area contributed by atoms with Crippen LogP contribution in [-0.2, 0) is 17.6 Å². The van der Waals surface area contributed by atoms with Crippen LogP contribution >= 0.6 is 11.6 Å². The first-order valence-corrected chi connectivity index (χ1v) is 14.2. The molecule has 3 aromatic rings. The van der Waals surface area contributed by atoms with Crippen LogP contribution in [0.5, 0.6) is 11.5 Å². The molecule has 6 nitrogen and oxygen atoms in total. The van der Waals surface area contributed by atoms with E-state index in [1.54, 1.807) is 0 Å². The molecule has 39 heavy (non-hydrogen) atoms. The summed E-state index contributed by atoms with van der Waals surface area (Å²) in [5, 5.41) is 3.96. The smallest absolute Gasteiger partial charge is 0.238 e. The van der Waals surface area contributed by atoms with Crippen LogP contribution in [0.2, 0.25) is 5.02 Å². The zero-order valence-corrected chi connectivity index (χ0v) is 24.3. The first kappa shape index (κ1) is 27.4. The standard InChI is InChI=1S/C32H38ClN3O3/c1-6-21-13-25(33)14-22(7-2)32(21)34-31(37)18-36-17-24(27-16-30-29(12-20(27)3)38-19-39-30)15-28(36)23-8-10-26(11-9-23)35(4)5/h8-14,16,24,28H,6-7,15,17-19H2,1-5H3,(H,34,37)/t24-,28-/m1/s1. The predicted octanol–water partition coefficient (Wildman–Crippen LogP) is 6.74. The molecule has 2 heterocycles. The van der Waals surface area contributed by atoms with Gasteiger partial charge >= 0.3 is 0 Å². The van der Waals surface area contributed by atoms with Crippen molar-refractivity contribution in [2.24, 2.45) is 0 Å². The van der Waals surface area contributed by atoms with E-state index in [9.17, 15) is 4.79 Å². The first-order valence-electron chi connectivity index (χ1n) is 13.8. The highest BCUT2D eigenvalue weighted by Crippen LogP contribution is 2.45. The first-order chi connectivity index (χ1) is 18.8. The van der Waals surface area contributed by atoms with Crippen LogP contribution in [0.1, 0.15) is 60.0 Å². The van der Waals surface area contributed by atoms with Gasteiger partial charge in [0.25, 0.3) is 0 Å². The van der Waals surface area contributed by atoms with Crippen molar-refractivity contribution in [2.75, 3.05) is 44.2 Å². The fourth-order valence-corrected chi connectivity index (χ4v) is 6.21. The SMILES string of the molecule is CCc1cc(Cl)cc(CC)c1NC(=O)CN1C[C@H](c2cc3c(cc2C)OCO3)C[C@@H]1c1ccc(N(C)C)cc1. The van der Waals surface area contributed by atoms with Gasteiger partial charge in [0, 0.05) is 43.1 Å². The molecule has 7 heteroatoms. The summed E-state index contributed by atoms with van der Waals surface area (Å²) in [6, 6.07) is 17.0. The van der Waals surface area contributed by atoms with Gasteiger partial charge < -0.3 is 19.7 Å². The minimum Gasteiger partial charge on any atom is -0.454 e. The monoisotopic (exact) mass is 547 g/mol. The molecule has 206 valence electrons. The summed E-state index contributed by atoms with van der Waals surface area (Å²) in [5.74, 6) is 1.89. The topological polar surface area (TPSA) is 54.0 Å². The average molecular weight is 548 g/mol. The normalized spacial score (nSPS) is 18.4. The highest BCUT2D eigenvalue weighted by molar-refractivity contribution is 6.30. The van der Waals surface area contributed by atoms with E-state index in [-0.39, 0.29) is 24.7 Å². The molecule has 1 fully saturated rings. The Morgan fingerprint density at radius 1 is 1.03 bits per heavy atom. The number of aryl methyl sites for hydroxylation is 3. The zero-order chi connectivity index (χ0) is 27.7. The third-order valence-electron chi connectivity index (χ3n) is 8.04. The fourth-order valence-electron chi connectivity index (χ4n) is 5.95. The minimum absolute atomic E-state index is 0.000284. The maximum absolute atomic E-state index is 13.5. The summed E-state index contributed by atoms with van der Waals surface area (Å²) in [5.41, 5.74) is 7.88. The summed E-state index contributed by atoms with van der Waals surface area (Å²) in [7, 11) is 4.09. The summed E-state index contributed by atoms with van der Waals surface area (Å²) in [6.07, 6.45) is 2.54. The number of hydrogen-bond acceptors (Lipinski definition) is 5. The van der Waals surface area contributed by atoms with E-state index in [1.807, 2.05) is 26.2 Å². The maximum atomic E-state index is 13.5. The summed E-state index contributed by atoms with van der Waals surface area (Å²) >= 11 is 6.35. The van der Waals surface area contributed by atoms with E-state index < -0.39 is 0 Å². The van der Waals surface area contributed by atoms with E-state index in [0.717, 1.165) is 59.8 Å². The maximum Gasteiger partial charge on any atom is 0.238 e. The van der Waals surface area contributed by atoms with E-state index in [0.29, 0.717) is 11.6 Å². The lowest BCUT2D eigenvalue weighted by atomic mass is 9.90. The molecule has 0 bridgehead atoms. The highest BCUT2D eigenvalue weighted by Gasteiger charge is 2.36. The Balaban J connectivity index is 1.42. The number of rotatable bonds is 8. The number of carbonyl (C=O) groups is 1. The molecule has 5 rings (SSSR count). The Morgan fingerprint density at radius 2 is 1.67 bits per heavy atom. The van der Waals surface area contributed by atoms with E-state index in [1.165, 1.54) is 16.7 Å². The van der Waals surface area contributed by atoms with Crippen molar-refractivity contribution in [2.45, 2.75) is 52.0 Å². The molecule has 0 unspecified atom stereocenters. The number of carbonyl (C=O) groups excluding carboxylic acids is 1. The second-order valence-electron chi connectivity index (χ2n) is 10.8. The summed E-state index contributed by atoms with van der Waals surface area (Å²) in [6.45, 7) is 7.68. The third-order valence-corrected chi connectivity index (χ3v) is 8.26. The number of halogens is 1. The largest absolute Gasteiger partial charge is 0.454 e. The van der Waals surface area contributed by atoms with Gasteiger partial charge in [0.1, 0.15) is 0 Å². The number of nitrogens with zero attached hydrogens (tertiary/aromatic N) is 2. The second-order valence-corrected chi connectivity index (χ2v) is 11.2. The van der Waals surface area contributed by atoms with E-state index in [2.05, 4.69) is 72.3 Å². The summed E-state index contributed by atoms with van der Waals surface area (Å²) in [4.78, 5) is 18.0. The Labute approximate surface area is 236 Å². The molecule has 1 amide bonds. The Hall–Kier alpha value is -3.22. The van der Waals surface area contributed by atoms with Crippen LogP contribution in [0.15, 0.2) is 48.5 Å². The lowest BCUT2D eigenvalue weighted by molar-refractivity contribution is -0.117. The third kappa shape index (κ3) is 5.73. The Morgan fingerprint density at radius 3 is 2.28 bits per heavy atom. The van der Waals surface area contributed by atoms with Crippen LogP contribution in [0.3, 0.4) is 0 Å². The Kier molecular flexibility index (Phi) is 8.06. The van der Waals surface area contributed by atoms with Gasteiger partial charge in [-0.1, -0.05) is 37.6 Å². The van der Waals surface area contributed by atoms with Gasteiger partial charge in [0.05, 0.1) is 6.54 Å². The number of hydrogen-bond donors (Lipinski definition) is 1. The van der Waals surface area contributed by atoms with Crippen molar-refractivity contribution in [3.63, 3.8) is 0 Å². The molecule has 3 aromatic carbocycles. The van der Waals surface area contributed by atoms with Gasteiger partial charge in [-0.15, -0.1) is 0 Å². The second kappa shape index (κ2) is 11.5. The van der Waals surface area contributed by atoms with Crippen LogP contribution in [0.25, 0.3) is 0 Å². The van der Waals surface area contributed by atoms with E-state index in [4.69, 9.17) is 21.1 Å². The number of fused-ring (bicyclic) bond motifs is 1. The number of nitrogens with one attached hydrogen (secondary N) is 1. The van der Waals surface area contributed by atoms with Crippen molar-refractivity contribution in [3.05, 3.63) is 81.4 Å². The van der Waals surface area contributed by atoms with Crippen molar-refractivity contribution in [1.29, 1.82) is 0 Å². The van der Waals surface area contributed by atoms with Crippen LogP contribution in [0, 0.1) is 6.92 Å². The molecular formula is C32H38ClN3O3. The molecule has 2 atom stereocenters. The zero-order valence-electron chi connectivity index (χ0n) is 23.5. The van der Waals surface area contributed by atoms with Gasteiger partial charge in [-0.05, 0) is 96.3 Å². The van der Waals surface area contributed by atoms with Crippen molar-refractivity contribution >= 4 is 28.9 Å². The predicted molar refractivity (Wildman–Crippen MR) is 159 cm³/mol. The number of ether oxygens (including phenoxy) is 2. The van der Waals surface area contributed by atoms with Crippen LogP contribution < -0.4 is 19.7 Å². The van der Waals surface area contributed by atoms with Gasteiger partial charge in [0.2, 0.25) is 12.7 Å². The molecule has 0 aliphatic carbocycles. The van der Waals surface area contributed by atoms with Gasteiger partial charge in [0.15, 0.2) is 11.5 Å². The molecule has 0 radical (unpaired) electrons. The van der Waals surface area contributed by atoms with Crippen LogP contribution in [-0.4, -0.2) is 44.8 Å². The van der Waals surface area contributed by atoms with Crippen molar-refractivity contribution in [1.82, 2.24) is 4.90 Å². The molecule has 1 saturated heterocycles. The minimum atomic E-state index is -0.000284. The average Bonchev–Trinajstić information content (AvgIpc) is 3.55. The molecule has 1 N–H and O–H groups in total. The highest BCUT2D eigenvalue weighted by atomic mass is 35.5. The van der Waals surface area contributed by atoms with Crippen LogP contribution in [0.4, 0.5) is 11.4 Å². The quantitative estimate of drug-likeness (QED) is 0.338. The molecule has 2 aliphatic heterocycles. The molecule has 2 aliphatic rings. The van der Waals surface area contributed by atoms with E-state index >= 15 is 0 Å². The number of benzene rings is 3. The van der Waals surface area contributed by atoms with Gasteiger partial charge in [-0.25, -0.2) is 0 Å². The Bertz CT molecular complexity index is 1330. The van der Waals surface area contributed by atoms with Gasteiger partial charge in [-0.2, -0.15) is 0 Å². The number of anilines is 2. The fraction of sp³-hybridized carbons (Fsp3) is 0.406. The lowest BCUT2D eigenvalue weighted by Gasteiger charge is -2.25. The van der Waals surface area contributed by atoms with Gasteiger partial charge in [-0.3, -0.25) is 9.69 Å². The molecule has 0 aromatic heterocycles.